The molecule has 0 saturated carbocycles. The minimum Gasteiger partial charge on any atom is -0.327 e. The quantitative estimate of drug-likeness (QED) is 0.879. The second-order valence-electron chi connectivity index (χ2n) is 5.30. The lowest BCUT2D eigenvalue weighted by molar-refractivity contribution is 0.124. The predicted molar refractivity (Wildman–Crippen MR) is 68.1 cm³/mol. The summed E-state index contributed by atoms with van der Waals surface area (Å²) in [4.78, 5) is 2.24. The maximum atomic E-state index is 13.2. The monoisotopic (exact) mass is 254 g/mol. The summed E-state index contributed by atoms with van der Waals surface area (Å²) >= 11 is 0. The highest BCUT2D eigenvalue weighted by atomic mass is 19.1. The van der Waals surface area contributed by atoms with Crippen LogP contribution in [0.3, 0.4) is 0 Å². The SMILES string of the molecule is CC1CN(C(C)c2cc(F)cc(F)c2)CCC1N. The summed E-state index contributed by atoms with van der Waals surface area (Å²) in [5.41, 5.74) is 6.67. The van der Waals surface area contributed by atoms with Crippen LogP contribution in [0.4, 0.5) is 8.78 Å². The van der Waals surface area contributed by atoms with Crippen molar-refractivity contribution in [1.29, 1.82) is 0 Å². The fraction of sp³-hybridized carbons (Fsp3) is 0.571. The van der Waals surface area contributed by atoms with Gasteiger partial charge in [0, 0.05) is 31.2 Å². The van der Waals surface area contributed by atoms with Gasteiger partial charge in [0.15, 0.2) is 0 Å². The number of piperidine rings is 1. The molecule has 1 saturated heterocycles. The second-order valence-corrected chi connectivity index (χ2v) is 5.30. The number of rotatable bonds is 2. The van der Waals surface area contributed by atoms with Crippen LogP contribution in [0, 0.1) is 17.6 Å². The highest BCUT2D eigenvalue weighted by Gasteiger charge is 2.27. The lowest BCUT2D eigenvalue weighted by atomic mass is 9.92. The van der Waals surface area contributed by atoms with Crippen LogP contribution in [-0.4, -0.2) is 24.0 Å². The molecule has 18 heavy (non-hydrogen) atoms. The maximum Gasteiger partial charge on any atom is 0.126 e. The smallest absolute Gasteiger partial charge is 0.126 e. The zero-order chi connectivity index (χ0) is 13.3. The Morgan fingerprint density at radius 1 is 1.28 bits per heavy atom. The topological polar surface area (TPSA) is 29.3 Å². The number of hydrogen-bond donors (Lipinski definition) is 1. The molecule has 0 radical (unpaired) electrons. The van der Waals surface area contributed by atoms with Crippen molar-refractivity contribution in [2.75, 3.05) is 13.1 Å². The first-order valence-corrected chi connectivity index (χ1v) is 6.43. The van der Waals surface area contributed by atoms with Gasteiger partial charge in [-0.3, -0.25) is 4.90 Å². The molecule has 100 valence electrons. The lowest BCUT2D eigenvalue weighted by Gasteiger charge is -2.38. The summed E-state index contributed by atoms with van der Waals surface area (Å²) in [5, 5.41) is 0. The fourth-order valence-electron chi connectivity index (χ4n) is 2.57. The van der Waals surface area contributed by atoms with Crippen molar-refractivity contribution in [3.8, 4) is 0 Å². The van der Waals surface area contributed by atoms with Crippen molar-refractivity contribution < 1.29 is 8.78 Å². The third-order valence-corrected chi connectivity index (χ3v) is 3.92. The Kier molecular flexibility index (Phi) is 3.97. The minimum absolute atomic E-state index is 0.0187. The molecule has 4 heteroatoms. The standard InChI is InChI=1S/C14H20F2N2/c1-9-8-18(4-3-14(9)17)10(2)11-5-12(15)7-13(16)6-11/h5-7,9-10,14H,3-4,8,17H2,1-2H3. The van der Waals surface area contributed by atoms with Gasteiger partial charge in [-0.15, -0.1) is 0 Å². The molecule has 2 nitrogen and oxygen atoms in total. The van der Waals surface area contributed by atoms with E-state index in [4.69, 9.17) is 5.73 Å². The molecule has 0 spiro atoms. The highest BCUT2D eigenvalue weighted by molar-refractivity contribution is 5.21. The van der Waals surface area contributed by atoms with Crippen molar-refractivity contribution >= 4 is 0 Å². The normalized spacial score (nSPS) is 27.2. The van der Waals surface area contributed by atoms with Gasteiger partial charge in [-0.1, -0.05) is 6.92 Å². The Labute approximate surface area is 107 Å². The van der Waals surface area contributed by atoms with Gasteiger partial charge in [-0.2, -0.15) is 0 Å². The summed E-state index contributed by atoms with van der Waals surface area (Å²) < 4.78 is 26.4. The molecule has 1 aromatic rings. The van der Waals surface area contributed by atoms with Crippen LogP contribution in [0.1, 0.15) is 31.9 Å². The van der Waals surface area contributed by atoms with Crippen LogP contribution in [0.2, 0.25) is 0 Å². The Morgan fingerprint density at radius 3 is 2.44 bits per heavy atom. The van der Waals surface area contributed by atoms with E-state index < -0.39 is 11.6 Å². The first-order valence-electron chi connectivity index (χ1n) is 6.43. The molecule has 0 amide bonds. The number of nitrogens with zero attached hydrogens (tertiary/aromatic N) is 1. The van der Waals surface area contributed by atoms with Gasteiger partial charge >= 0.3 is 0 Å². The van der Waals surface area contributed by atoms with Gasteiger partial charge in [0.2, 0.25) is 0 Å². The number of nitrogens with two attached hydrogens (primary N) is 1. The van der Waals surface area contributed by atoms with Gasteiger partial charge in [0.25, 0.3) is 0 Å². The summed E-state index contributed by atoms with van der Waals surface area (Å²) in [5.74, 6) is -0.614. The Bertz CT molecular complexity index is 402. The molecule has 2 N–H and O–H groups in total. The first-order chi connectivity index (χ1) is 8.47. The zero-order valence-corrected chi connectivity index (χ0v) is 10.9. The molecule has 1 heterocycles. The average Bonchev–Trinajstić information content (AvgIpc) is 2.30. The fourth-order valence-corrected chi connectivity index (χ4v) is 2.57. The minimum atomic E-state index is -0.515. The summed E-state index contributed by atoms with van der Waals surface area (Å²) in [6.07, 6.45) is 0.934. The maximum absolute atomic E-state index is 13.2. The Hall–Kier alpha value is -1.00. The van der Waals surface area contributed by atoms with Crippen molar-refractivity contribution in [2.24, 2.45) is 11.7 Å². The van der Waals surface area contributed by atoms with E-state index in [0.717, 1.165) is 25.6 Å². The Morgan fingerprint density at radius 2 is 1.89 bits per heavy atom. The summed E-state index contributed by atoms with van der Waals surface area (Å²) in [6.45, 7) is 5.86. The van der Waals surface area contributed by atoms with Gasteiger partial charge in [0.05, 0.1) is 0 Å². The van der Waals surface area contributed by atoms with E-state index in [-0.39, 0.29) is 12.1 Å². The van der Waals surface area contributed by atoms with Crippen molar-refractivity contribution in [2.45, 2.75) is 32.4 Å². The molecule has 3 unspecified atom stereocenters. The summed E-state index contributed by atoms with van der Waals surface area (Å²) in [7, 11) is 0. The molecule has 1 aromatic carbocycles. The molecule has 0 aromatic heterocycles. The molecule has 1 aliphatic heterocycles. The number of hydrogen-bond acceptors (Lipinski definition) is 2. The second kappa shape index (κ2) is 5.33. The van der Waals surface area contributed by atoms with Gasteiger partial charge in [-0.25, -0.2) is 8.78 Å². The lowest BCUT2D eigenvalue weighted by Crippen LogP contribution is -2.46. The molecule has 3 atom stereocenters. The Balaban J connectivity index is 2.13. The van der Waals surface area contributed by atoms with Crippen molar-refractivity contribution in [1.82, 2.24) is 4.90 Å². The summed E-state index contributed by atoms with van der Waals surface area (Å²) in [6, 6.07) is 3.98. The predicted octanol–water partition coefficient (Wildman–Crippen LogP) is 2.69. The first kappa shape index (κ1) is 13.4. The molecule has 1 aliphatic rings. The van der Waals surface area contributed by atoms with Crippen LogP contribution >= 0.6 is 0 Å². The van der Waals surface area contributed by atoms with Gasteiger partial charge in [0.1, 0.15) is 11.6 Å². The largest absolute Gasteiger partial charge is 0.327 e. The number of benzene rings is 1. The average molecular weight is 254 g/mol. The van der Waals surface area contributed by atoms with Crippen molar-refractivity contribution in [3.63, 3.8) is 0 Å². The zero-order valence-electron chi connectivity index (χ0n) is 10.9. The van der Waals surface area contributed by atoms with Crippen LogP contribution in [-0.2, 0) is 0 Å². The van der Waals surface area contributed by atoms with Crippen LogP contribution < -0.4 is 5.73 Å². The van der Waals surface area contributed by atoms with Gasteiger partial charge < -0.3 is 5.73 Å². The highest BCUT2D eigenvalue weighted by Crippen LogP contribution is 2.26. The number of halogens is 2. The van der Waals surface area contributed by atoms with E-state index in [1.807, 2.05) is 6.92 Å². The van der Waals surface area contributed by atoms with E-state index >= 15 is 0 Å². The third-order valence-electron chi connectivity index (χ3n) is 3.92. The molecular weight excluding hydrogens is 234 g/mol. The van der Waals surface area contributed by atoms with Crippen LogP contribution in [0.15, 0.2) is 18.2 Å². The van der Waals surface area contributed by atoms with Crippen molar-refractivity contribution in [3.05, 3.63) is 35.4 Å². The molecule has 2 rings (SSSR count). The van der Waals surface area contributed by atoms with E-state index in [1.165, 1.54) is 12.1 Å². The molecule has 0 bridgehead atoms. The van der Waals surface area contributed by atoms with Crippen LogP contribution in [0.5, 0.6) is 0 Å². The van der Waals surface area contributed by atoms with E-state index in [0.29, 0.717) is 11.5 Å². The molecule has 1 fully saturated rings. The molecular formula is C14H20F2N2. The third kappa shape index (κ3) is 2.87. The van der Waals surface area contributed by atoms with E-state index in [9.17, 15) is 8.78 Å². The van der Waals surface area contributed by atoms with Crippen LogP contribution in [0.25, 0.3) is 0 Å². The van der Waals surface area contributed by atoms with E-state index in [2.05, 4.69) is 11.8 Å². The molecule has 0 aliphatic carbocycles. The van der Waals surface area contributed by atoms with Gasteiger partial charge in [-0.05, 0) is 37.0 Å². The number of likely N-dealkylation sites (tertiary alicyclic amines) is 1. The van der Waals surface area contributed by atoms with E-state index in [1.54, 1.807) is 0 Å².